The molecule has 1 heterocycles. The first-order valence-electron chi connectivity index (χ1n) is 5.15. The van der Waals surface area contributed by atoms with Crippen molar-refractivity contribution in [3.8, 4) is 0 Å². The van der Waals surface area contributed by atoms with Crippen molar-refractivity contribution in [1.29, 1.82) is 0 Å². The first-order valence-corrected chi connectivity index (χ1v) is 5.96. The molecule has 0 spiro atoms. The molecule has 4 N–H and O–H groups in total. The Morgan fingerprint density at radius 1 is 1.47 bits per heavy atom. The van der Waals surface area contributed by atoms with E-state index in [-0.39, 0.29) is 18.5 Å². The molecular formula is C10H16N4O2S. The summed E-state index contributed by atoms with van der Waals surface area (Å²) in [5.74, 6) is -0.798. The van der Waals surface area contributed by atoms with E-state index in [1.165, 1.54) is 4.90 Å². The van der Waals surface area contributed by atoms with Crippen LogP contribution in [0.25, 0.3) is 0 Å². The minimum absolute atomic E-state index is 0.103. The molecule has 0 unspecified atom stereocenters. The third-order valence-corrected chi connectivity index (χ3v) is 3.19. The molecule has 0 atom stereocenters. The molecule has 94 valence electrons. The van der Waals surface area contributed by atoms with E-state index >= 15 is 0 Å². The summed E-state index contributed by atoms with van der Waals surface area (Å²) in [6.07, 6.45) is 0. The average Bonchev–Trinajstić information content (AvgIpc) is 2.52. The van der Waals surface area contributed by atoms with Gasteiger partial charge in [0.2, 0.25) is 5.91 Å². The van der Waals surface area contributed by atoms with Crippen LogP contribution < -0.4 is 11.5 Å². The normalized spacial score (nSPS) is 10.6. The van der Waals surface area contributed by atoms with Gasteiger partial charge in [0.25, 0.3) is 5.91 Å². The molecule has 0 aromatic carbocycles. The monoisotopic (exact) mass is 256 g/mol. The van der Waals surface area contributed by atoms with Gasteiger partial charge >= 0.3 is 0 Å². The SMILES string of the molecule is Cc1nc(N)sc1C(=O)N(CC(N)=O)C(C)C. The third kappa shape index (κ3) is 3.16. The molecule has 0 aliphatic heterocycles. The van der Waals surface area contributed by atoms with Gasteiger partial charge in [0, 0.05) is 6.04 Å². The van der Waals surface area contributed by atoms with E-state index < -0.39 is 5.91 Å². The Morgan fingerprint density at radius 3 is 2.41 bits per heavy atom. The van der Waals surface area contributed by atoms with E-state index in [9.17, 15) is 9.59 Å². The molecule has 0 saturated carbocycles. The predicted octanol–water partition coefficient (Wildman–Crippen LogP) is 0.370. The maximum atomic E-state index is 12.2. The van der Waals surface area contributed by atoms with Crippen molar-refractivity contribution in [3.63, 3.8) is 0 Å². The molecule has 1 rings (SSSR count). The third-order valence-electron chi connectivity index (χ3n) is 2.22. The van der Waals surface area contributed by atoms with Crippen molar-refractivity contribution in [1.82, 2.24) is 9.88 Å². The number of hydrogen-bond donors (Lipinski definition) is 2. The second kappa shape index (κ2) is 5.13. The molecule has 0 radical (unpaired) electrons. The average molecular weight is 256 g/mol. The number of thiazole rings is 1. The van der Waals surface area contributed by atoms with Crippen molar-refractivity contribution in [2.75, 3.05) is 12.3 Å². The van der Waals surface area contributed by atoms with E-state index in [1.54, 1.807) is 6.92 Å². The van der Waals surface area contributed by atoms with E-state index in [0.29, 0.717) is 15.7 Å². The van der Waals surface area contributed by atoms with E-state index in [1.807, 2.05) is 13.8 Å². The maximum absolute atomic E-state index is 12.2. The highest BCUT2D eigenvalue weighted by atomic mass is 32.1. The quantitative estimate of drug-likeness (QED) is 0.812. The lowest BCUT2D eigenvalue weighted by molar-refractivity contribution is -0.119. The summed E-state index contributed by atoms with van der Waals surface area (Å²) < 4.78 is 0. The lowest BCUT2D eigenvalue weighted by Gasteiger charge is -2.24. The van der Waals surface area contributed by atoms with Gasteiger partial charge in [-0.15, -0.1) is 0 Å². The first-order chi connectivity index (χ1) is 7.82. The summed E-state index contributed by atoms with van der Waals surface area (Å²) in [7, 11) is 0. The van der Waals surface area contributed by atoms with Gasteiger partial charge < -0.3 is 16.4 Å². The second-order valence-electron chi connectivity index (χ2n) is 3.96. The number of anilines is 1. The Hall–Kier alpha value is -1.63. The van der Waals surface area contributed by atoms with Crippen LogP contribution in [0.15, 0.2) is 0 Å². The Labute approximate surface area is 104 Å². The lowest BCUT2D eigenvalue weighted by atomic mass is 10.2. The number of nitrogens with zero attached hydrogens (tertiary/aromatic N) is 2. The summed E-state index contributed by atoms with van der Waals surface area (Å²) in [6, 6.07) is -0.113. The van der Waals surface area contributed by atoms with Gasteiger partial charge in [0.05, 0.1) is 12.2 Å². The molecule has 1 aromatic heterocycles. The van der Waals surface area contributed by atoms with Gasteiger partial charge in [-0.1, -0.05) is 11.3 Å². The lowest BCUT2D eigenvalue weighted by Crippen LogP contribution is -2.42. The van der Waals surface area contributed by atoms with Crippen LogP contribution >= 0.6 is 11.3 Å². The molecular weight excluding hydrogens is 240 g/mol. The number of nitrogen functional groups attached to an aromatic ring is 1. The van der Waals surface area contributed by atoms with Crippen LogP contribution in [0, 0.1) is 6.92 Å². The molecule has 17 heavy (non-hydrogen) atoms. The second-order valence-corrected chi connectivity index (χ2v) is 4.99. The summed E-state index contributed by atoms with van der Waals surface area (Å²) >= 11 is 1.12. The molecule has 0 aliphatic rings. The Balaban J connectivity index is 2.99. The van der Waals surface area contributed by atoms with Gasteiger partial charge in [0.15, 0.2) is 5.13 Å². The number of aryl methyl sites for hydroxylation is 1. The first kappa shape index (κ1) is 13.4. The molecule has 0 bridgehead atoms. The van der Waals surface area contributed by atoms with Gasteiger partial charge in [-0.2, -0.15) is 0 Å². The highest BCUT2D eigenvalue weighted by Crippen LogP contribution is 2.22. The molecule has 0 saturated heterocycles. The smallest absolute Gasteiger partial charge is 0.266 e. The van der Waals surface area contributed by atoms with Gasteiger partial charge in [0.1, 0.15) is 4.88 Å². The zero-order chi connectivity index (χ0) is 13.2. The van der Waals surface area contributed by atoms with Gasteiger partial charge in [-0.05, 0) is 20.8 Å². The van der Waals surface area contributed by atoms with Crippen LogP contribution in [-0.4, -0.2) is 34.3 Å². The van der Waals surface area contributed by atoms with E-state index in [2.05, 4.69) is 4.98 Å². The van der Waals surface area contributed by atoms with E-state index in [0.717, 1.165) is 11.3 Å². The standard InChI is InChI=1S/C10H16N4O2S/c1-5(2)14(4-7(11)15)9(16)8-6(3)13-10(12)17-8/h5H,4H2,1-3H3,(H2,11,15)(H2,12,13). The molecule has 7 heteroatoms. The Bertz CT molecular complexity index is 442. The number of amides is 2. The van der Waals surface area contributed by atoms with Crippen LogP contribution in [-0.2, 0) is 4.79 Å². The number of nitrogens with two attached hydrogens (primary N) is 2. The van der Waals surface area contributed by atoms with Crippen molar-refractivity contribution in [2.45, 2.75) is 26.8 Å². The van der Waals surface area contributed by atoms with Crippen molar-refractivity contribution >= 4 is 28.3 Å². The zero-order valence-electron chi connectivity index (χ0n) is 10.1. The summed E-state index contributed by atoms with van der Waals surface area (Å²) in [5, 5.41) is 0.341. The number of carbonyl (C=O) groups is 2. The predicted molar refractivity (Wildman–Crippen MR) is 66.6 cm³/mol. The van der Waals surface area contributed by atoms with Crippen molar-refractivity contribution < 1.29 is 9.59 Å². The number of aromatic nitrogens is 1. The fourth-order valence-electron chi connectivity index (χ4n) is 1.40. The van der Waals surface area contributed by atoms with Crippen LogP contribution in [0.2, 0.25) is 0 Å². The van der Waals surface area contributed by atoms with Gasteiger partial charge in [-0.25, -0.2) is 4.98 Å². The maximum Gasteiger partial charge on any atom is 0.266 e. The van der Waals surface area contributed by atoms with Crippen molar-refractivity contribution in [2.24, 2.45) is 5.73 Å². The van der Waals surface area contributed by atoms with Crippen LogP contribution in [0.1, 0.15) is 29.2 Å². The molecule has 1 aromatic rings. The highest BCUT2D eigenvalue weighted by Gasteiger charge is 2.24. The number of rotatable bonds is 4. The topological polar surface area (TPSA) is 102 Å². The number of carbonyl (C=O) groups excluding carboxylic acids is 2. The molecule has 0 fully saturated rings. The van der Waals surface area contributed by atoms with Gasteiger partial charge in [-0.3, -0.25) is 9.59 Å². The Kier molecular flexibility index (Phi) is 4.06. The van der Waals surface area contributed by atoms with E-state index in [4.69, 9.17) is 11.5 Å². The number of primary amides is 1. The summed E-state index contributed by atoms with van der Waals surface area (Å²) in [4.78, 5) is 29.0. The minimum Gasteiger partial charge on any atom is -0.375 e. The fraction of sp³-hybridized carbons (Fsp3) is 0.500. The Morgan fingerprint density at radius 2 is 2.06 bits per heavy atom. The van der Waals surface area contributed by atoms with Crippen LogP contribution in [0.5, 0.6) is 0 Å². The molecule has 6 nitrogen and oxygen atoms in total. The number of hydrogen-bond acceptors (Lipinski definition) is 5. The molecule has 0 aliphatic carbocycles. The highest BCUT2D eigenvalue weighted by molar-refractivity contribution is 7.17. The summed E-state index contributed by atoms with van der Waals surface area (Å²) in [5.41, 5.74) is 11.2. The minimum atomic E-state index is -0.540. The van der Waals surface area contributed by atoms with Crippen molar-refractivity contribution in [3.05, 3.63) is 10.6 Å². The van der Waals surface area contributed by atoms with Crippen LogP contribution in [0.3, 0.4) is 0 Å². The molecule has 2 amide bonds. The fourth-order valence-corrected chi connectivity index (χ4v) is 2.19. The summed E-state index contributed by atoms with van der Waals surface area (Å²) in [6.45, 7) is 5.25. The largest absolute Gasteiger partial charge is 0.375 e. The van der Waals surface area contributed by atoms with Crippen LogP contribution in [0.4, 0.5) is 5.13 Å². The zero-order valence-corrected chi connectivity index (χ0v) is 10.9.